The van der Waals surface area contributed by atoms with Gasteiger partial charge >= 0.3 is 6.11 Å². The van der Waals surface area contributed by atoms with E-state index >= 15 is 8.78 Å². The highest BCUT2D eigenvalue weighted by Gasteiger charge is 2.35. The van der Waals surface area contributed by atoms with Gasteiger partial charge in [-0.3, -0.25) is 0 Å². The first kappa shape index (κ1) is 26.6. The molecule has 3 aromatic carbocycles. The minimum absolute atomic E-state index is 0.0547. The Kier molecular flexibility index (Phi) is 7.98. The number of rotatable bonds is 9. The third-order valence-electron chi connectivity index (χ3n) is 7.58. The maximum Gasteiger partial charge on any atom is 0.427 e. The van der Waals surface area contributed by atoms with E-state index in [1.165, 1.54) is 68.4 Å². The van der Waals surface area contributed by atoms with Gasteiger partial charge < -0.3 is 9.47 Å². The third-order valence-corrected chi connectivity index (χ3v) is 8.60. The van der Waals surface area contributed by atoms with Gasteiger partial charge in [-0.05, 0) is 96.9 Å². The summed E-state index contributed by atoms with van der Waals surface area (Å²) < 4.78 is 55.2. The van der Waals surface area contributed by atoms with Crippen LogP contribution in [0.3, 0.4) is 0 Å². The zero-order valence-electron chi connectivity index (χ0n) is 21.8. The van der Waals surface area contributed by atoms with Crippen LogP contribution in [0.1, 0.15) is 69.4 Å². The van der Waals surface area contributed by atoms with Crippen LogP contribution in [-0.4, -0.2) is 6.61 Å². The Hall–Kier alpha value is -2.99. The lowest BCUT2D eigenvalue weighted by molar-refractivity contribution is -0.183. The number of halogens is 3. The first-order chi connectivity index (χ1) is 18.4. The number of ether oxygens (including phenoxy) is 2. The Labute approximate surface area is 226 Å². The van der Waals surface area contributed by atoms with Crippen LogP contribution >= 0.6 is 11.3 Å². The summed E-state index contributed by atoms with van der Waals surface area (Å²) in [6.07, 6.45) is 4.15. The summed E-state index contributed by atoms with van der Waals surface area (Å²) in [4.78, 5) is 0. The van der Waals surface area contributed by atoms with Crippen molar-refractivity contribution in [2.75, 3.05) is 6.61 Å². The summed E-state index contributed by atoms with van der Waals surface area (Å²) in [6.45, 7) is 4.33. The first-order valence-electron chi connectivity index (χ1n) is 13.5. The molecular formula is C32H33F3O2S. The van der Waals surface area contributed by atoms with Gasteiger partial charge in [0.1, 0.15) is 0 Å². The number of hydrogen-bond acceptors (Lipinski definition) is 3. The van der Waals surface area contributed by atoms with Crippen LogP contribution in [0.25, 0.3) is 21.2 Å². The number of fused-ring (bicyclic) bond motifs is 1. The summed E-state index contributed by atoms with van der Waals surface area (Å²) >= 11 is 0.844. The van der Waals surface area contributed by atoms with Crippen molar-refractivity contribution in [1.29, 1.82) is 0 Å². The van der Waals surface area contributed by atoms with Gasteiger partial charge in [-0.25, -0.2) is 4.39 Å². The second-order valence-electron chi connectivity index (χ2n) is 10.1. The van der Waals surface area contributed by atoms with Crippen molar-refractivity contribution in [1.82, 2.24) is 0 Å². The number of benzene rings is 3. The minimum Gasteiger partial charge on any atom is -0.491 e. The Morgan fingerprint density at radius 2 is 1.53 bits per heavy atom. The van der Waals surface area contributed by atoms with Crippen molar-refractivity contribution >= 4 is 21.4 Å². The second-order valence-corrected chi connectivity index (χ2v) is 11.1. The molecule has 1 saturated carbocycles. The maximum absolute atomic E-state index is 15.0. The van der Waals surface area contributed by atoms with E-state index < -0.39 is 11.9 Å². The molecule has 0 saturated heterocycles. The van der Waals surface area contributed by atoms with E-state index in [0.29, 0.717) is 17.9 Å². The van der Waals surface area contributed by atoms with Crippen LogP contribution < -0.4 is 9.47 Å². The fourth-order valence-corrected chi connectivity index (χ4v) is 6.50. The fourth-order valence-electron chi connectivity index (χ4n) is 5.53. The molecule has 200 valence electrons. The molecule has 0 amide bonds. The SMILES string of the molecule is CCCC1CCC(c2ccc(-c3ccc(C(F)(F)Oc4cc5ccc(OCC)c(F)c5s4)cc3)cc2)CC1. The zero-order valence-corrected chi connectivity index (χ0v) is 22.6. The molecule has 0 unspecified atom stereocenters. The van der Waals surface area contributed by atoms with Gasteiger partial charge in [-0.15, -0.1) is 0 Å². The van der Waals surface area contributed by atoms with E-state index in [9.17, 15) is 4.39 Å². The molecule has 1 aromatic heterocycles. The second kappa shape index (κ2) is 11.4. The van der Waals surface area contributed by atoms with Crippen LogP contribution in [0.15, 0.2) is 66.7 Å². The standard InChI is InChI=1S/C32H33F3O2S/c1-3-5-21-6-8-22(9-7-21)23-10-12-24(13-11-23)25-14-17-27(18-15-25)32(34,35)37-29-20-26-16-19-28(36-4-2)30(33)31(26)38-29/h10-22H,3-9H2,1-2H3. The molecule has 2 nitrogen and oxygen atoms in total. The molecule has 0 N–H and O–H groups in total. The first-order valence-corrected chi connectivity index (χ1v) is 14.3. The van der Waals surface area contributed by atoms with Crippen molar-refractivity contribution < 1.29 is 22.6 Å². The quantitative estimate of drug-likeness (QED) is 0.211. The highest BCUT2D eigenvalue weighted by atomic mass is 32.1. The molecule has 0 spiro atoms. The Morgan fingerprint density at radius 1 is 0.868 bits per heavy atom. The van der Waals surface area contributed by atoms with Crippen molar-refractivity contribution in [2.45, 2.75) is 64.4 Å². The van der Waals surface area contributed by atoms with Gasteiger partial charge in [0.15, 0.2) is 16.6 Å². The van der Waals surface area contributed by atoms with Crippen molar-refractivity contribution in [2.24, 2.45) is 5.92 Å². The van der Waals surface area contributed by atoms with E-state index in [1.807, 2.05) is 0 Å². The predicted molar refractivity (Wildman–Crippen MR) is 149 cm³/mol. The van der Waals surface area contributed by atoms with E-state index in [-0.39, 0.29) is 21.1 Å². The van der Waals surface area contributed by atoms with Gasteiger partial charge in [0.2, 0.25) is 0 Å². The van der Waals surface area contributed by atoms with Crippen LogP contribution in [0.5, 0.6) is 10.8 Å². The average molecular weight is 539 g/mol. The van der Waals surface area contributed by atoms with Crippen LogP contribution in [0.4, 0.5) is 13.2 Å². The van der Waals surface area contributed by atoms with Gasteiger partial charge in [-0.2, -0.15) is 8.78 Å². The van der Waals surface area contributed by atoms with Gasteiger partial charge in [-0.1, -0.05) is 67.5 Å². The highest BCUT2D eigenvalue weighted by molar-refractivity contribution is 7.20. The van der Waals surface area contributed by atoms with E-state index in [1.54, 1.807) is 25.1 Å². The van der Waals surface area contributed by atoms with E-state index in [2.05, 4.69) is 31.2 Å². The van der Waals surface area contributed by atoms with E-state index in [0.717, 1.165) is 28.4 Å². The number of hydrogen-bond donors (Lipinski definition) is 0. The van der Waals surface area contributed by atoms with Gasteiger partial charge in [0.25, 0.3) is 0 Å². The van der Waals surface area contributed by atoms with Crippen molar-refractivity contribution in [3.05, 3.63) is 83.7 Å². The summed E-state index contributed by atoms with van der Waals surface area (Å²) in [5.41, 5.74) is 2.98. The largest absolute Gasteiger partial charge is 0.491 e. The van der Waals surface area contributed by atoms with Crippen molar-refractivity contribution in [3.63, 3.8) is 0 Å². The number of alkyl halides is 2. The zero-order chi connectivity index (χ0) is 26.7. The molecule has 1 aliphatic carbocycles. The molecular weight excluding hydrogens is 505 g/mol. The van der Waals surface area contributed by atoms with Crippen LogP contribution in [0.2, 0.25) is 0 Å². The molecule has 5 rings (SSSR count). The van der Waals surface area contributed by atoms with Gasteiger partial charge in [0, 0.05) is 0 Å². The lowest BCUT2D eigenvalue weighted by atomic mass is 9.77. The molecule has 6 heteroatoms. The average Bonchev–Trinajstić information content (AvgIpc) is 3.34. The molecule has 38 heavy (non-hydrogen) atoms. The summed E-state index contributed by atoms with van der Waals surface area (Å²) in [6, 6.07) is 19.3. The molecule has 1 aliphatic rings. The molecule has 1 heterocycles. The third kappa shape index (κ3) is 5.70. The van der Waals surface area contributed by atoms with Gasteiger partial charge in [0.05, 0.1) is 16.9 Å². The summed E-state index contributed by atoms with van der Waals surface area (Å²) in [5, 5.41) is 0.440. The topological polar surface area (TPSA) is 18.5 Å². The smallest absolute Gasteiger partial charge is 0.427 e. The lowest BCUT2D eigenvalue weighted by Gasteiger charge is -2.28. The highest BCUT2D eigenvalue weighted by Crippen LogP contribution is 2.42. The Bertz CT molecular complexity index is 1350. The van der Waals surface area contributed by atoms with Crippen molar-refractivity contribution in [3.8, 4) is 21.9 Å². The molecule has 0 aliphatic heterocycles. The predicted octanol–water partition coefficient (Wildman–Crippen LogP) is 10.3. The monoisotopic (exact) mass is 538 g/mol. The Balaban J connectivity index is 1.26. The summed E-state index contributed by atoms with van der Waals surface area (Å²) in [5.74, 6) is 1.03. The summed E-state index contributed by atoms with van der Waals surface area (Å²) in [7, 11) is 0. The maximum atomic E-state index is 15.0. The van der Waals surface area contributed by atoms with Crippen LogP contribution in [-0.2, 0) is 6.11 Å². The van der Waals surface area contributed by atoms with E-state index in [4.69, 9.17) is 9.47 Å². The fraction of sp³-hybridized carbons (Fsp3) is 0.375. The lowest BCUT2D eigenvalue weighted by Crippen LogP contribution is -2.21. The Morgan fingerprint density at radius 3 is 2.16 bits per heavy atom. The molecule has 0 atom stereocenters. The molecule has 0 radical (unpaired) electrons. The van der Waals surface area contributed by atoms with Crippen LogP contribution in [0, 0.1) is 11.7 Å². The minimum atomic E-state index is -3.56. The molecule has 1 fully saturated rings. The molecule has 0 bridgehead atoms. The normalized spacial score (nSPS) is 18.0. The molecule has 4 aromatic rings. The number of thiophene rings is 1.